The molecule has 4 rings (SSSR count). The standard InChI is InChI=1S/C24H39FN10O4Si/c1-26-39-9-7-8-35-14-18(22(32-35)37-3)28-20-19-21(33(2)15-27-19)31-23(30-20)34-12-16(25)17(13-34)29-24(36)38-10-11-40(4,5)6/h14-17,26H,7-13H2,1-6H3,(H,29,36)(H,28,30,31)/t16-,17-/m1/s1. The predicted octanol–water partition coefficient (Wildman–Crippen LogP) is 2.44. The first kappa shape index (κ1) is 29.5. The molecular formula is C24H39FN10O4Si. The molecule has 220 valence electrons. The molecule has 3 aromatic heterocycles. The smallest absolute Gasteiger partial charge is 0.407 e. The van der Waals surface area contributed by atoms with E-state index in [9.17, 15) is 9.18 Å². The fraction of sp³-hybridized carbons (Fsp3) is 0.625. The fourth-order valence-electron chi connectivity index (χ4n) is 4.21. The molecule has 3 N–H and O–H groups in total. The Morgan fingerprint density at radius 2 is 2.02 bits per heavy atom. The Kier molecular flexibility index (Phi) is 9.42. The Morgan fingerprint density at radius 3 is 2.75 bits per heavy atom. The number of carbonyl (C=O) groups is 1. The van der Waals surface area contributed by atoms with E-state index in [1.165, 1.54) is 0 Å². The number of rotatable bonds is 13. The third-order valence-electron chi connectivity index (χ3n) is 6.42. The first-order chi connectivity index (χ1) is 19.1. The SMILES string of the molecule is CNOCCCn1cc(Nc2nc(N3C[C@@H](F)[C@H](NC(=O)OCC[Si](C)(C)C)C3)nc3c2ncn3C)c(OC)n1. The van der Waals surface area contributed by atoms with Crippen molar-refractivity contribution in [3.05, 3.63) is 12.5 Å². The Bertz CT molecular complexity index is 1300. The van der Waals surface area contributed by atoms with Gasteiger partial charge in [0, 0.05) is 35.3 Å². The number of imidazole rings is 1. The Morgan fingerprint density at radius 1 is 1.23 bits per heavy atom. The van der Waals surface area contributed by atoms with Gasteiger partial charge in [0.1, 0.15) is 11.9 Å². The van der Waals surface area contributed by atoms with Crippen LogP contribution in [0.4, 0.5) is 26.6 Å². The number of aromatic nitrogens is 6. The van der Waals surface area contributed by atoms with Crippen LogP contribution in [0.5, 0.6) is 5.88 Å². The number of aryl methyl sites for hydroxylation is 2. The van der Waals surface area contributed by atoms with Gasteiger partial charge < -0.3 is 34.4 Å². The molecule has 0 bridgehead atoms. The summed E-state index contributed by atoms with van der Waals surface area (Å²) in [6.45, 7) is 8.31. The van der Waals surface area contributed by atoms with Crippen LogP contribution < -0.4 is 25.8 Å². The van der Waals surface area contributed by atoms with Crippen molar-refractivity contribution in [1.82, 2.24) is 40.1 Å². The minimum Gasteiger partial charge on any atom is -0.478 e. The van der Waals surface area contributed by atoms with Gasteiger partial charge in [-0.25, -0.2) is 19.6 Å². The van der Waals surface area contributed by atoms with Crippen LogP contribution in [-0.4, -0.2) is 96.1 Å². The molecule has 4 heterocycles. The van der Waals surface area contributed by atoms with Gasteiger partial charge in [-0.1, -0.05) is 19.6 Å². The molecule has 1 fully saturated rings. The predicted molar refractivity (Wildman–Crippen MR) is 152 cm³/mol. The number of halogens is 1. The van der Waals surface area contributed by atoms with Gasteiger partial charge in [0.25, 0.3) is 5.88 Å². The van der Waals surface area contributed by atoms with Crippen LogP contribution >= 0.6 is 0 Å². The van der Waals surface area contributed by atoms with E-state index < -0.39 is 26.4 Å². The number of methoxy groups -OCH3 is 1. The lowest BCUT2D eigenvalue weighted by Gasteiger charge is -2.18. The number of nitrogens with zero attached hydrogens (tertiary/aromatic N) is 7. The Labute approximate surface area is 233 Å². The van der Waals surface area contributed by atoms with Gasteiger partial charge in [-0.15, -0.1) is 5.10 Å². The highest BCUT2D eigenvalue weighted by Gasteiger charge is 2.36. The van der Waals surface area contributed by atoms with E-state index in [-0.39, 0.29) is 13.1 Å². The van der Waals surface area contributed by atoms with E-state index in [0.29, 0.717) is 54.3 Å². The molecule has 1 amide bonds. The lowest BCUT2D eigenvalue weighted by molar-refractivity contribution is 0.0537. The van der Waals surface area contributed by atoms with E-state index in [1.807, 2.05) is 13.2 Å². The van der Waals surface area contributed by atoms with Crippen LogP contribution in [-0.2, 0) is 23.2 Å². The summed E-state index contributed by atoms with van der Waals surface area (Å²) >= 11 is 0. The van der Waals surface area contributed by atoms with Gasteiger partial charge in [0.05, 0.1) is 45.4 Å². The molecule has 16 heteroatoms. The van der Waals surface area contributed by atoms with Gasteiger partial charge in [-0.05, 0) is 12.5 Å². The molecule has 3 aromatic rings. The molecule has 0 aromatic carbocycles. The second-order valence-electron chi connectivity index (χ2n) is 10.9. The first-order valence-corrected chi connectivity index (χ1v) is 17.0. The molecule has 0 unspecified atom stereocenters. The summed E-state index contributed by atoms with van der Waals surface area (Å²) in [7, 11) is 3.73. The summed E-state index contributed by atoms with van der Waals surface area (Å²) < 4.78 is 29.3. The number of amides is 1. The highest BCUT2D eigenvalue weighted by atomic mass is 28.3. The molecule has 2 atom stereocenters. The largest absolute Gasteiger partial charge is 0.478 e. The number of nitrogens with one attached hydrogen (secondary N) is 3. The van der Waals surface area contributed by atoms with Gasteiger partial charge in [0.2, 0.25) is 5.95 Å². The number of fused-ring (bicyclic) bond motifs is 1. The second kappa shape index (κ2) is 12.8. The summed E-state index contributed by atoms with van der Waals surface area (Å²) in [5.74, 6) is 1.13. The average Bonchev–Trinajstić information content (AvgIpc) is 3.58. The van der Waals surface area contributed by atoms with E-state index in [1.54, 1.807) is 34.6 Å². The minimum atomic E-state index is -1.34. The van der Waals surface area contributed by atoms with Crippen molar-refractivity contribution in [3.63, 3.8) is 0 Å². The minimum absolute atomic E-state index is 0.0264. The number of alkyl carbamates (subject to hydrolysis) is 1. The van der Waals surface area contributed by atoms with Crippen molar-refractivity contribution < 1.29 is 23.5 Å². The summed E-state index contributed by atoms with van der Waals surface area (Å²) in [5, 5.41) is 10.4. The number of hydrogen-bond donors (Lipinski definition) is 3. The lowest BCUT2D eigenvalue weighted by Crippen LogP contribution is -2.42. The van der Waals surface area contributed by atoms with Crippen molar-refractivity contribution in [1.29, 1.82) is 0 Å². The summed E-state index contributed by atoms with van der Waals surface area (Å²) in [6.07, 6.45) is 2.28. The molecule has 1 aliphatic heterocycles. The summed E-state index contributed by atoms with van der Waals surface area (Å²) in [5.41, 5.74) is 4.35. The van der Waals surface area contributed by atoms with Crippen molar-refractivity contribution in [2.45, 2.75) is 50.9 Å². The fourth-order valence-corrected chi connectivity index (χ4v) is 4.93. The maximum Gasteiger partial charge on any atom is 0.407 e. The first-order valence-electron chi connectivity index (χ1n) is 13.3. The van der Waals surface area contributed by atoms with Crippen molar-refractivity contribution in [2.24, 2.45) is 7.05 Å². The van der Waals surface area contributed by atoms with Gasteiger partial charge >= 0.3 is 6.09 Å². The topological polar surface area (TPSA) is 146 Å². The molecular weight excluding hydrogens is 539 g/mol. The third-order valence-corrected chi connectivity index (χ3v) is 8.12. The quantitative estimate of drug-likeness (QED) is 0.156. The van der Waals surface area contributed by atoms with Crippen LogP contribution in [0.3, 0.4) is 0 Å². The zero-order valence-electron chi connectivity index (χ0n) is 23.9. The number of alkyl halides is 1. The maximum absolute atomic E-state index is 15.0. The summed E-state index contributed by atoms with van der Waals surface area (Å²) in [6, 6.07) is 0.103. The van der Waals surface area contributed by atoms with Crippen molar-refractivity contribution in [2.75, 3.05) is 50.7 Å². The lowest BCUT2D eigenvalue weighted by atomic mass is 10.2. The third kappa shape index (κ3) is 7.36. The van der Waals surface area contributed by atoms with E-state index in [2.05, 4.69) is 55.8 Å². The van der Waals surface area contributed by atoms with Crippen LogP contribution in [0.25, 0.3) is 11.2 Å². The molecule has 0 aliphatic carbocycles. The maximum atomic E-state index is 15.0. The van der Waals surface area contributed by atoms with Crippen molar-refractivity contribution in [3.8, 4) is 5.88 Å². The molecule has 0 saturated carbocycles. The van der Waals surface area contributed by atoms with Crippen LogP contribution in [0.2, 0.25) is 25.7 Å². The highest BCUT2D eigenvalue weighted by molar-refractivity contribution is 6.76. The number of hydrogen-bond acceptors (Lipinski definition) is 11. The Balaban J connectivity index is 1.49. The second-order valence-corrected chi connectivity index (χ2v) is 16.5. The number of anilines is 3. The molecule has 0 spiro atoms. The van der Waals surface area contributed by atoms with E-state index in [0.717, 1.165) is 12.5 Å². The molecule has 0 radical (unpaired) electrons. The average molecular weight is 579 g/mol. The van der Waals surface area contributed by atoms with Gasteiger partial charge in [-0.3, -0.25) is 4.68 Å². The number of ether oxygens (including phenoxy) is 2. The van der Waals surface area contributed by atoms with Crippen molar-refractivity contribution >= 4 is 42.8 Å². The van der Waals surface area contributed by atoms with Crippen LogP contribution in [0.1, 0.15) is 6.42 Å². The monoisotopic (exact) mass is 578 g/mol. The Hall–Kier alpha value is -3.50. The van der Waals surface area contributed by atoms with Crippen LogP contribution in [0.15, 0.2) is 12.5 Å². The van der Waals surface area contributed by atoms with Gasteiger partial charge in [-0.2, -0.15) is 9.97 Å². The van der Waals surface area contributed by atoms with Gasteiger partial charge in [0.15, 0.2) is 17.0 Å². The normalized spacial score (nSPS) is 17.4. The number of carbonyl (C=O) groups excluding carboxylic acids is 1. The van der Waals surface area contributed by atoms with Crippen LogP contribution in [0, 0.1) is 0 Å². The van der Waals surface area contributed by atoms with E-state index in [4.69, 9.17) is 14.3 Å². The zero-order chi connectivity index (χ0) is 28.9. The zero-order valence-corrected chi connectivity index (χ0v) is 24.9. The summed E-state index contributed by atoms with van der Waals surface area (Å²) in [4.78, 5) is 32.9. The van der Waals surface area contributed by atoms with E-state index >= 15 is 0 Å². The molecule has 40 heavy (non-hydrogen) atoms. The highest BCUT2D eigenvalue weighted by Crippen LogP contribution is 2.31. The molecule has 1 aliphatic rings. The molecule has 1 saturated heterocycles. The number of hydroxylamine groups is 1. The molecule has 14 nitrogen and oxygen atoms in total.